The zero-order valence-corrected chi connectivity index (χ0v) is 14.4. The number of halogens is 3. The lowest BCUT2D eigenvalue weighted by Gasteiger charge is -2.13. The normalized spacial score (nSPS) is 11.0. The minimum Gasteiger partial charge on any atom is -0.484 e. The molecule has 0 aliphatic rings. The Hall–Kier alpha value is -3.62. The molecule has 0 bridgehead atoms. The number of carbonyl (C=O) groups is 1. The van der Waals surface area contributed by atoms with Crippen molar-refractivity contribution in [2.75, 3.05) is 17.2 Å². The fourth-order valence-electron chi connectivity index (χ4n) is 2.29. The number of aromatic nitrogens is 2. The average Bonchev–Trinajstić information content (AvgIpc) is 2.68. The molecule has 6 nitrogen and oxygen atoms in total. The SMILES string of the molecule is O=C(COc1ccccc1)Nc1ccc(Nc2ccccc2C(F)(F)F)nn1. The zero-order chi connectivity index (χ0) is 20.0. The van der Waals surface area contributed by atoms with Crippen LogP contribution in [0.1, 0.15) is 5.56 Å². The molecule has 0 saturated carbocycles. The maximum Gasteiger partial charge on any atom is 0.418 e. The van der Waals surface area contributed by atoms with E-state index in [1.54, 1.807) is 24.3 Å². The van der Waals surface area contributed by atoms with Crippen LogP contribution in [0.5, 0.6) is 5.75 Å². The number of benzene rings is 2. The van der Waals surface area contributed by atoms with E-state index < -0.39 is 17.6 Å². The summed E-state index contributed by atoms with van der Waals surface area (Å²) in [6.07, 6.45) is -4.50. The molecule has 3 aromatic rings. The number of alkyl halides is 3. The second-order valence-electron chi connectivity index (χ2n) is 5.62. The van der Waals surface area contributed by atoms with Crippen LogP contribution in [-0.2, 0) is 11.0 Å². The molecule has 3 rings (SSSR count). The van der Waals surface area contributed by atoms with Gasteiger partial charge in [-0.15, -0.1) is 10.2 Å². The van der Waals surface area contributed by atoms with E-state index >= 15 is 0 Å². The first-order valence-corrected chi connectivity index (χ1v) is 8.16. The molecule has 1 aromatic heterocycles. The monoisotopic (exact) mass is 388 g/mol. The summed E-state index contributed by atoms with van der Waals surface area (Å²) in [5.41, 5.74) is -0.954. The Morgan fingerprint density at radius 2 is 1.54 bits per heavy atom. The van der Waals surface area contributed by atoms with Crippen LogP contribution in [-0.4, -0.2) is 22.7 Å². The quantitative estimate of drug-likeness (QED) is 0.660. The third-order valence-corrected chi connectivity index (χ3v) is 3.54. The molecule has 0 aliphatic carbocycles. The molecule has 0 saturated heterocycles. The van der Waals surface area contributed by atoms with Gasteiger partial charge in [-0.1, -0.05) is 30.3 Å². The summed E-state index contributed by atoms with van der Waals surface area (Å²) in [6, 6.07) is 16.7. The standard InChI is InChI=1S/C19H15F3N4O2/c20-19(21,22)14-8-4-5-9-15(14)23-16-10-11-17(26-25-16)24-18(27)12-28-13-6-2-1-3-7-13/h1-11H,12H2,(H,23,25)(H,24,26,27). The molecular formula is C19H15F3N4O2. The highest BCUT2D eigenvalue weighted by Crippen LogP contribution is 2.35. The molecule has 1 heterocycles. The molecule has 0 fully saturated rings. The van der Waals surface area contributed by atoms with Crippen LogP contribution in [0.2, 0.25) is 0 Å². The molecule has 0 radical (unpaired) electrons. The Morgan fingerprint density at radius 3 is 2.21 bits per heavy atom. The van der Waals surface area contributed by atoms with Crippen LogP contribution in [0, 0.1) is 0 Å². The topological polar surface area (TPSA) is 76.1 Å². The Morgan fingerprint density at radius 1 is 0.893 bits per heavy atom. The minimum absolute atomic E-state index is 0.107. The number of rotatable bonds is 6. The van der Waals surface area contributed by atoms with Crippen molar-refractivity contribution in [3.05, 3.63) is 72.3 Å². The van der Waals surface area contributed by atoms with Gasteiger partial charge in [0.25, 0.3) is 5.91 Å². The van der Waals surface area contributed by atoms with Gasteiger partial charge in [0.1, 0.15) is 5.75 Å². The Labute approximate surface area is 158 Å². The van der Waals surface area contributed by atoms with Gasteiger partial charge >= 0.3 is 6.18 Å². The number of hydrogen-bond donors (Lipinski definition) is 2. The first-order chi connectivity index (χ1) is 13.4. The molecular weight excluding hydrogens is 373 g/mol. The Balaban J connectivity index is 1.59. The number of anilines is 3. The van der Waals surface area contributed by atoms with Gasteiger partial charge < -0.3 is 15.4 Å². The predicted octanol–water partition coefficient (Wildman–Crippen LogP) is 4.26. The molecule has 9 heteroatoms. The molecule has 1 amide bonds. The maximum absolute atomic E-state index is 13.0. The summed E-state index contributed by atoms with van der Waals surface area (Å²) in [4.78, 5) is 11.9. The fraction of sp³-hybridized carbons (Fsp3) is 0.105. The highest BCUT2D eigenvalue weighted by atomic mass is 19.4. The van der Waals surface area contributed by atoms with Crippen molar-refractivity contribution < 1.29 is 22.7 Å². The highest BCUT2D eigenvalue weighted by Gasteiger charge is 2.33. The number of nitrogens with one attached hydrogen (secondary N) is 2. The van der Waals surface area contributed by atoms with E-state index in [1.165, 1.54) is 30.3 Å². The number of ether oxygens (including phenoxy) is 1. The van der Waals surface area contributed by atoms with E-state index in [9.17, 15) is 18.0 Å². The van der Waals surface area contributed by atoms with Crippen molar-refractivity contribution >= 4 is 23.2 Å². The van der Waals surface area contributed by atoms with Crippen molar-refractivity contribution in [2.24, 2.45) is 0 Å². The molecule has 0 unspecified atom stereocenters. The van der Waals surface area contributed by atoms with Gasteiger partial charge in [-0.3, -0.25) is 4.79 Å². The lowest BCUT2D eigenvalue weighted by molar-refractivity contribution is -0.136. The number of amides is 1. The summed E-state index contributed by atoms with van der Waals surface area (Å²) in [6.45, 7) is -0.218. The second-order valence-corrected chi connectivity index (χ2v) is 5.62. The maximum atomic E-state index is 13.0. The van der Waals surface area contributed by atoms with Gasteiger partial charge in [0.15, 0.2) is 18.2 Å². The molecule has 28 heavy (non-hydrogen) atoms. The van der Waals surface area contributed by atoms with E-state index in [2.05, 4.69) is 20.8 Å². The van der Waals surface area contributed by atoms with Gasteiger partial charge in [-0.05, 0) is 36.4 Å². The fourth-order valence-corrected chi connectivity index (χ4v) is 2.29. The highest BCUT2D eigenvalue weighted by molar-refractivity contribution is 5.90. The molecule has 0 spiro atoms. The zero-order valence-electron chi connectivity index (χ0n) is 14.4. The van der Waals surface area contributed by atoms with Crippen LogP contribution in [0.25, 0.3) is 0 Å². The Bertz CT molecular complexity index is 932. The summed E-state index contributed by atoms with van der Waals surface area (Å²) < 4.78 is 44.4. The number of hydrogen-bond acceptors (Lipinski definition) is 5. The summed E-state index contributed by atoms with van der Waals surface area (Å²) in [5.74, 6) is 0.361. The summed E-state index contributed by atoms with van der Waals surface area (Å²) in [7, 11) is 0. The molecule has 0 atom stereocenters. The summed E-state index contributed by atoms with van der Waals surface area (Å²) in [5, 5.41) is 12.6. The lowest BCUT2D eigenvalue weighted by Crippen LogP contribution is -2.21. The molecule has 2 aromatic carbocycles. The van der Waals surface area contributed by atoms with Gasteiger partial charge in [-0.2, -0.15) is 13.2 Å². The van der Waals surface area contributed by atoms with Gasteiger partial charge in [0.05, 0.1) is 11.3 Å². The smallest absolute Gasteiger partial charge is 0.418 e. The number of nitrogens with zero attached hydrogens (tertiary/aromatic N) is 2. The van der Waals surface area contributed by atoms with Gasteiger partial charge in [0, 0.05) is 0 Å². The average molecular weight is 388 g/mol. The van der Waals surface area contributed by atoms with Crippen molar-refractivity contribution in [3.8, 4) is 5.75 Å². The minimum atomic E-state index is -4.50. The second kappa shape index (κ2) is 8.38. The van der Waals surface area contributed by atoms with Crippen LogP contribution in [0.15, 0.2) is 66.7 Å². The van der Waals surface area contributed by atoms with Crippen molar-refractivity contribution in [1.82, 2.24) is 10.2 Å². The van der Waals surface area contributed by atoms with Crippen molar-refractivity contribution in [1.29, 1.82) is 0 Å². The third kappa shape index (κ3) is 5.19. The molecule has 2 N–H and O–H groups in total. The molecule has 144 valence electrons. The van der Waals surface area contributed by atoms with E-state index in [1.807, 2.05) is 6.07 Å². The van der Waals surface area contributed by atoms with Crippen molar-refractivity contribution in [3.63, 3.8) is 0 Å². The van der Waals surface area contributed by atoms with E-state index in [0.717, 1.165) is 6.07 Å². The first kappa shape index (κ1) is 19.2. The van der Waals surface area contributed by atoms with E-state index in [4.69, 9.17) is 4.74 Å². The third-order valence-electron chi connectivity index (χ3n) is 3.54. The molecule has 0 aliphatic heterocycles. The first-order valence-electron chi connectivity index (χ1n) is 8.16. The predicted molar refractivity (Wildman–Crippen MR) is 97.3 cm³/mol. The Kier molecular flexibility index (Phi) is 5.73. The van der Waals surface area contributed by atoms with E-state index in [0.29, 0.717) is 5.75 Å². The lowest BCUT2D eigenvalue weighted by atomic mass is 10.1. The van der Waals surface area contributed by atoms with Crippen LogP contribution < -0.4 is 15.4 Å². The number of carbonyl (C=O) groups excluding carboxylic acids is 1. The van der Waals surface area contributed by atoms with E-state index in [-0.39, 0.29) is 23.9 Å². The largest absolute Gasteiger partial charge is 0.484 e. The summed E-state index contributed by atoms with van der Waals surface area (Å²) >= 11 is 0. The van der Waals surface area contributed by atoms with Crippen LogP contribution >= 0.6 is 0 Å². The van der Waals surface area contributed by atoms with Crippen LogP contribution in [0.3, 0.4) is 0 Å². The van der Waals surface area contributed by atoms with Crippen LogP contribution in [0.4, 0.5) is 30.5 Å². The van der Waals surface area contributed by atoms with Gasteiger partial charge in [0.2, 0.25) is 0 Å². The van der Waals surface area contributed by atoms with Gasteiger partial charge in [-0.25, -0.2) is 0 Å². The van der Waals surface area contributed by atoms with Crippen molar-refractivity contribution in [2.45, 2.75) is 6.18 Å². The number of para-hydroxylation sites is 2.